The Kier molecular flexibility index (Phi) is 5.94. The Labute approximate surface area is 213 Å². The van der Waals surface area contributed by atoms with Gasteiger partial charge in [0.1, 0.15) is 18.1 Å². The molecule has 2 aromatic carbocycles. The van der Waals surface area contributed by atoms with Crippen LogP contribution in [-0.2, 0) is 17.2 Å². The molecular weight excluding hydrogens is 473 g/mol. The molecule has 0 spiro atoms. The number of aromatic nitrogens is 3. The van der Waals surface area contributed by atoms with E-state index in [0.717, 1.165) is 22.3 Å². The number of anilines is 1. The third-order valence-electron chi connectivity index (χ3n) is 6.56. The van der Waals surface area contributed by atoms with Crippen LogP contribution in [0.25, 0.3) is 27.6 Å². The molecule has 1 aliphatic rings. The summed E-state index contributed by atoms with van der Waals surface area (Å²) in [6.45, 7) is 8.84. The first-order valence-corrected chi connectivity index (χ1v) is 12.0. The van der Waals surface area contributed by atoms with Gasteiger partial charge in [-0.25, -0.2) is 9.38 Å². The summed E-state index contributed by atoms with van der Waals surface area (Å²) in [6, 6.07) is 10.7. The van der Waals surface area contributed by atoms with Gasteiger partial charge < -0.3 is 14.6 Å². The first-order chi connectivity index (χ1) is 17.5. The van der Waals surface area contributed by atoms with Crippen LogP contribution in [-0.4, -0.2) is 33.5 Å². The zero-order chi connectivity index (χ0) is 26.5. The van der Waals surface area contributed by atoms with E-state index in [1.165, 1.54) is 21.5 Å². The molecule has 0 bridgehead atoms. The molecule has 0 saturated heterocycles. The fourth-order valence-corrected chi connectivity index (χ4v) is 4.48. The molecule has 0 saturated carbocycles. The van der Waals surface area contributed by atoms with E-state index in [-0.39, 0.29) is 16.4 Å². The minimum absolute atomic E-state index is 0.00117. The second kappa shape index (κ2) is 8.99. The van der Waals surface area contributed by atoms with Gasteiger partial charge in [-0.3, -0.25) is 9.59 Å². The molecule has 3 heterocycles. The number of nitrogens with zero attached hydrogens (tertiary/aromatic N) is 4. The highest BCUT2D eigenvalue weighted by molar-refractivity contribution is 5.90. The topological polar surface area (TPSA) is 90.5 Å². The first kappa shape index (κ1) is 24.4. The van der Waals surface area contributed by atoms with Gasteiger partial charge in [0, 0.05) is 24.2 Å². The van der Waals surface area contributed by atoms with E-state index in [2.05, 4.69) is 15.4 Å². The van der Waals surface area contributed by atoms with Crippen LogP contribution in [0.4, 0.5) is 10.1 Å². The van der Waals surface area contributed by atoms with Crippen molar-refractivity contribution in [1.82, 2.24) is 14.3 Å². The second-order valence-electron chi connectivity index (χ2n) is 10.2. The summed E-state index contributed by atoms with van der Waals surface area (Å²) in [6.07, 6.45) is 3.25. The molecule has 9 heteroatoms. The quantitative estimate of drug-likeness (QED) is 0.452. The Morgan fingerprint density at radius 2 is 1.89 bits per heavy atom. The molecule has 0 unspecified atom stereocenters. The molecule has 0 fully saturated rings. The van der Waals surface area contributed by atoms with Crippen LogP contribution >= 0.6 is 0 Å². The maximum Gasteiger partial charge on any atom is 0.289 e. The van der Waals surface area contributed by atoms with Gasteiger partial charge in [-0.1, -0.05) is 32.9 Å². The fraction of sp³-hybridized carbons (Fsp3) is 0.286. The van der Waals surface area contributed by atoms with Gasteiger partial charge in [0.2, 0.25) is 0 Å². The van der Waals surface area contributed by atoms with Crippen molar-refractivity contribution in [3.63, 3.8) is 0 Å². The van der Waals surface area contributed by atoms with Crippen LogP contribution in [0.15, 0.2) is 63.4 Å². The van der Waals surface area contributed by atoms with Gasteiger partial charge in [-0.2, -0.15) is 9.78 Å². The lowest BCUT2D eigenvalue weighted by Crippen LogP contribution is -2.24. The molecule has 1 aliphatic heterocycles. The predicted octanol–water partition coefficient (Wildman–Crippen LogP) is 4.29. The average Bonchev–Trinajstić information content (AvgIpc) is 3.35. The van der Waals surface area contributed by atoms with Crippen molar-refractivity contribution in [3.05, 3.63) is 86.4 Å². The molecule has 190 valence electrons. The fourth-order valence-electron chi connectivity index (χ4n) is 4.48. The van der Waals surface area contributed by atoms with Gasteiger partial charge in [0.25, 0.3) is 17.1 Å². The normalized spacial score (nSPS) is 13.5. The Balaban J connectivity index is 1.63. The molecule has 0 amide bonds. The van der Waals surface area contributed by atoms with E-state index in [1.54, 1.807) is 31.4 Å². The molecule has 2 aromatic heterocycles. The average molecular weight is 502 g/mol. The Morgan fingerprint density at radius 3 is 2.59 bits per heavy atom. The number of hydrogen-bond acceptors (Lipinski definition) is 6. The molecule has 0 atom stereocenters. The third-order valence-corrected chi connectivity index (χ3v) is 6.56. The van der Waals surface area contributed by atoms with Crippen molar-refractivity contribution < 1.29 is 9.13 Å². The van der Waals surface area contributed by atoms with E-state index in [1.807, 2.05) is 39.8 Å². The number of aryl methyl sites for hydroxylation is 1. The van der Waals surface area contributed by atoms with Crippen molar-refractivity contribution in [1.29, 1.82) is 0 Å². The molecule has 37 heavy (non-hydrogen) atoms. The summed E-state index contributed by atoms with van der Waals surface area (Å²) in [7, 11) is 1.66. The second-order valence-corrected chi connectivity index (χ2v) is 10.2. The number of rotatable bonds is 3. The lowest BCUT2D eigenvalue weighted by Gasteiger charge is -2.20. The maximum absolute atomic E-state index is 15.2. The minimum atomic E-state index is -0.566. The highest BCUT2D eigenvalue weighted by Crippen LogP contribution is 2.30. The van der Waals surface area contributed by atoms with Crippen LogP contribution in [0.5, 0.6) is 0 Å². The van der Waals surface area contributed by atoms with Gasteiger partial charge in [0.05, 0.1) is 23.8 Å². The van der Waals surface area contributed by atoms with E-state index >= 15 is 4.39 Å². The van der Waals surface area contributed by atoms with E-state index in [4.69, 9.17) is 4.74 Å². The van der Waals surface area contributed by atoms with Crippen molar-refractivity contribution >= 4 is 22.5 Å². The van der Waals surface area contributed by atoms with Crippen LogP contribution in [0, 0.1) is 12.7 Å². The maximum atomic E-state index is 15.2. The number of nitrogens with one attached hydrogen (secondary N) is 1. The lowest BCUT2D eigenvalue weighted by molar-refractivity contribution is 0.346. The van der Waals surface area contributed by atoms with Crippen molar-refractivity contribution in [2.75, 3.05) is 18.5 Å². The molecule has 1 N–H and O–H groups in total. The van der Waals surface area contributed by atoms with Crippen molar-refractivity contribution in [2.24, 2.45) is 12.0 Å². The summed E-state index contributed by atoms with van der Waals surface area (Å²) in [5.41, 5.74) is 2.90. The standard InChI is InChI=1S/C28H28FN5O3/c1-16-20(18-12-22(25(35)33(5)15-18)32-27-30-9-10-37-27)7-6-8-23(16)34-26(36)24-17(14-31-34)11-19(13-21(24)29)28(2,3)4/h6-8,11-15H,9-10H2,1-5H3,(H,30,32). The van der Waals surface area contributed by atoms with E-state index < -0.39 is 11.4 Å². The van der Waals surface area contributed by atoms with E-state index in [9.17, 15) is 9.59 Å². The Bertz CT molecular complexity index is 1700. The molecular formula is C28H28FN5O3. The molecule has 0 aliphatic carbocycles. The summed E-state index contributed by atoms with van der Waals surface area (Å²) >= 11 is 0. The highest BCUT2D eigenvalue weighted by atomic mass is 19.1. The number of amidine groups is 1. The summed E-state index contributed by atoms with van der Waals surface area (Å²) in [5, 5.41) is 7.82. The molecule has 5 rings (SSSR count). The number of halogens is 1. The molecule has 0 radical (unpaired) electrons. The summed E-state index contributed by atoms with van der Waals surface area (Å²) in [5.74, 6) is -0.566. The largest absolute Gasteiger partial charge is 0.463 e. The number of hydrogen-bond donors (Lipinski definition) is 1. The van der Waals surface area contributed by atoms with Crippen LogP contribution in [0.2, 0.25) is 0 Å². The number of benzene rings is 2. The Morgan fingerprint density at radius 1 is 1.11 bits per heavy atom. The lowest BCUT2D eigenvalue weighted by atomic mass is 9.86. The minimum Gasteiger partial charge on any atom is -0.463 e. The van der Waals surface area contributed by atoms with Gasteiger partial charge in [-0.15, -0.1) is 0 Å². The van der Waals surface area contributed by atoms with Gasteiger partial charge >= 0.3 is 0 Å². The van der Waals surface area contributed by atoms with E-state index in [0.29, 0.717) is 35.9 Å². The van der Waals surface area contributed by atoms with Crippen molar-refractivity contribution in [2.45, 2.75) is 33.1 Å². The SMILES string of the molecule is Cc1c(-c2cc(NC3=NCCO3)c(=O)n(C)c2)cccc1-n1ncc2cc(C(C)(C)C)cc(F)c2c1=O. The van der Waals surface area contributed by atoms with Crippen molar-refractivity contribution in [3.8, 4) is 16.8 Å². The molecule has 8 nitrogen and oxygen atoms in total. The smallest absolute Gasteiger partial charge is 0.289 e. The summed E-state index contributed by atoms with van der Waals surface area (Å²) < 4.78 is 23.3. The highest BCUT2D eigenvalue weighted by Gasteiger charge is 2.20. The number of fused-ring (bicyclic) bond motifs is 1. The zero-order valence-electron chi connectivity index (χ0n) is 21.4. The predicted molar refractivity (Wildman–Crippen MR) is 143 cm³/mol. The zero-order valence-corrected chi connectivity index (χ0v) is 21.4. The monoisotopic (exact) mass is 501 g/mol. The third kappa shape index (κ3) is 4.41. The van der Waals surface area contributed by atoms with Crippen LogP contribution < -0.4 is 16.4 Å². The first-order valence-electron chi connectivity index (χ1n) is 12.0. The van der Waals surface area contributed by atoms with Crippen LogP contribution in [0.1, 0.15) is 31.9 Å². The Hall–Kier alpha value is -4.27. The number of pyridine rings is 1. The summed E-state index contributed by atoms with van der Waals surface area (Å²) in [4.78, 5) is 30.3. The van der Waals surface area contributed by atoms with Gasteiger partial charge in [0.15, 0.2) is 0 Å². The number of ether oxygens (including phenoxy) is 1. The van der Waals surface area contributed by atoms with Crippen LogP contribution in [0.3, 0.4) is 0 Å². The molecule has 4 aromatic rings. The number of aliphatic imine (C=N–C) groups is 1. The van der Waals surface area contributed by atoms with Gasteiger partial charge in [-0.05, 0) is 53.3 Å².